The first-order valence-corrected chi connectivity index (χ1v) is 7.73. The number of para-hydroxylation sites is 1. The number of aryl methyl sites for hydroxylation is 3. The molecule has 0 aliphatic heterocycles. The van der Waals surface area contributed by atoms with Crippen molar-refractivity contribution in [2.75, 3.05) is 0 Å². The predicted molar refractivity (Wildman–Crippen MR) is 90.8 cm³/mol. The third-order valence-corrected chi connectivity index (χ3v) is 4.32. The van der Waals surface area contributed by atoms with Crippen LogP contribution in [-0.4, -0.2) is 4.57 Å². The molecule has 0 fully saturated rings. The number of hydrogen-bond donors (Lipinski definition) is 0. The van der Waals surface area contributed by atoms with E-state index in [2.05, 4.69) is 89.2 Å². The van der Waals surface area contributed by atoms with Gasteiger partial charge in [-0.25, -0.2) is 4.57 Å². The van der Waals surface area contributed by atoms with Crippen molar-refractivity contribution in [3.05, 3.63) is 78.6 Å². The normalized spacial score (nSPS) is 11.3. The summed E-state index contributed by atoms with van der Waals surface area (Å²) in [6.45, 7) is 0.998. The fourth-order valence-corrected chi connectivity index (χ4v) is 3.22. The molecule has 0 spiro atoms. The highest BCUT2D eigenvalue weighted by molar-refractivity contribution is 6.07. The number of pyridine rings is 1. The zero-order chi connectivity index (χ0) is 14.9. The largest absolute Gasteiger partial charge is 0.335 e. The van der Waals surface area contributed by atoms with Gasteiger partial charge < -0.3 is 4.57 Å². The maximum atomic E-state index is 2.44. The summed E-state index contributed by atoms with van der Waals surface area (Å²) in [6.07, 6.45) is 5.39. The highest BCUT2D eigenvalue weighted by atomic mass is 15.0. The van der Waals surface area contributed by atoms with Gasteiger partial charge in [-0.05, 0) is 18.1 Å². The van der Waals surface area contributed by atoms with Gasteiger partial charge in [0.15, 0.2) is 12.4 Å². The van der Waals surface area contributed by atoms with E-state index in [1.165, 1.54) is 27.4 Å². The van der Waals surface area contributed by atoms with Crippen molar-refractivity contribution < 1.29 is 4.57 Å². The first kappa shape index (κ1) is 13.1. The summed E-state index contributed by atoms with van der Waals surface area (Å²) >= 11 is 0. The summed E-state index contributed by atoms with van der Waals surface area (Å²) in [5, 5.41) is 2.67. The first-order chi connectivity index (χ1) is 10.8. The minimum atomic E-state index is 0.998. The van der Waals surface area contributed by atoms with Crippen LogP contribution in [0, 0.1) is 0 Å². The van der Waals surface area contributed by atoms with E-state index in [0.29, 0.717) is 0 Å². The van der Waals surface area contributed by atoms with Crippen LogP contribution in [0.15, 0.2) is 73.1 Å². The first-order valence-electron chi connectivity index (χ1n) is 7.73. The highest BCUT2D eigenvalue weighted by Crippen LogP contribution is 2.27. The molecule has 2 aromatic heterocycles. The summed E-state index contributed by atoms with van der Waals surface area (Å²) in [6, 6.07) is 21.6. The Balaban J connectivity index is 1.85. The van der Waals surface area contributed by atoms with Crippen LogP contribution in [-0.2, 0) is 20.0 Å². The molecular formula is C20H19N2+. The predicted octanol–water partition coefficient (Wildman–Crippen LogP) is 3.86. The summed E-state index contributed by atoms with van der Waals surface area (Å²) < 4.78 is 4.57. The molecule has 0 bridgehead atoms. The van der Waals surface area contributed by atoms with Crippen molar-refractivity contribution in [1.29, 1.82) is 0 Å². The average molecular weight is 287 g/mol. The van der Waals surface area contributed by atoms with Crippen molar-refractivity contribution in [3.8, 4) is 0 Å². The Bertz CT molecular complexity index is 936. The lowest BCUT2D eigenvalue weighted by molar-refractivity contribution is -0.670. The molecule has 0 N–H and O–H groups in total. The van der Waals surface area contributed by atoms with E-state index >= 15 is 0 Å². The van der Waals surface area contributed by atoms with Gasteiger partial charge in [-0.15, -0.1) is 0 Å². The zero-order valence-electron chi connectivity index (χ0n) is 12.7. The van der Waals surface area contributed by atoms with Crippen LogP contribution in [0.3, 0.4) is 0 Å². The molecule has 4 rings (SSSR count). The van der Waals surface area contributed by atoms with Crippen LogP contribution >= 0.6 is 0 Å². The molecule has 4 aromatic rings. The molecule has 0 aliphatic rings. The molecule has 2 heterocycles. The van der Waals surface area contributed by atoms with Crippen molar-refractivity contribution in [2.45, 2.75) is 13.0 Å². The Kier molecular flexibility index (Phi) is 3.15. The van der Waals surface area contributed by atoms with Gasteiger partial charge in [0.1, 0.15) is 12.6 Å². The van der Waals surface area contributed by atoms with Crippen LogP contribution in [0.2, 0.25) is 0 Å². The smallest absolute Gasteiger partial charge is 0.193 e. The molecule has 0 unspecified atom stereocenters. The Morgan fingerprint density at radius 2 is 1.55 bits per heavy atom. The number of rotatable bonds is 3. The van der Waals surface area contributed by atoms with Gasteiger partial charge in [-0.1, -0.05) is 48.5 Å². The maximum absolute atomic E-state index is 2.44. The number of fused-ring (bicyclic) bond motifs is 3. The van der Waals surface area contributed by atoms with Crippen LogP contribution in [0.25, 0.3) is 21.8 Å². The Hall–Kier alpha value is -2.61. The molecule has 0 saturated heterocycles. The SMILES string of the molecule is C[n+]1ccc2c3ccccc3n(CCc3ccccc3)c2c1. The molecule has 0 amide bonds. The van der Waals surface area contributed by atoms with E-state index in [1.54, 1.807) is 0 Å². The number of hydrogen-bond acceptors (Lipinski definition) is 0. The van der Waals surface area contributed by atoms with Crippen LogP contribution in [0.1, 0.15) is 5.56 Å². The lowest BCUT2D eigenvalue weighted by Gasteiger charge is -2.07. The molecule has 22 heavy (non-hydrogen) atoms. The van der Waals surface area contributed by atoms with E-state index in [0.717, 1.165) is 13.0 Å². The lowest BCUT2D eigenvalue weighted by atomic mass is 10.1. The van der Waals surface area contributed by atoms with Crippen molar-refractivity contribution >= 4 is 21.8 Å². The molecule has 2 aromatic carbocycles. The monoisotopic (exact) mass is 287 g/mol. The van der Waals surface area contributed by atoms with E-state index in [4.69, 9.17) is 0 Å². The molecule has 0 radical (unpaired) electrons. The van der Waals surface area contributed by atoms with Gasteiger partial charge in [0.2, 0.25) is 0 Å². The van der Waals surface area contributed by atoms with Crippen molar-refractivity contribution in [3.63, 3.8) is 0 Å². The number of nitrogens with zero attached hydrogens (tertiary/aromatic N) is 2. The lowest BCUT2D eigenvalue weighted by Crippen LogP contribution is -2.26. The Labute approximate surface area is 130 Å². The van der Waals surface area contributed by atoms with Crippen LogP contribution in [0.4, 0.5) is 0 Å². The molecule has 108 valence electrons. The molecule has 2 heteroatoms. The third-order valence-electron chi connectivity index (χ3n) is 4.32. The van der Waals surface area contributed by atoms with Gasteiger partial charge in [0, 0.05) is 28.9 Å². The van der Waals surface area contributed by atoms with E-state index in [-0.39, 0.29) is 0 Å². The second kappa shape index (κ2) is 5.30. The third kappa shape index (κ3) is 2.17. The topological polar surface area (TPSA) is 8.81 Å². The van der Waals surface area contributed by atoms with Gasteiger partial charge in [-0.3, -0.25) is 0 Å². The van der Waals surface area contributed by atoms with Gasteiger partial charge in [0.25, 0.3) is 0 Å². The molecule has 0 saturated carbocycles. The van der Waals surface area contributed by atoms with Gasteiger partial charge in [-0.2, -0.15) is 0 Å². The zero-order valence-corrected chi connectivity index (χ0v) is 12.7. The van der Waals surface area contributed by atoms with E-state index in [9.17, 15) is 0 Å². The minimum absolute atomic E-state index is 0.998. The van der Waals surface area contributed by atoms with Crippen molar-refractivity contribution in [2.24, 2.45) is 7.05 Å². The van der Waals surface area contributed by atoms with Crippen LogP contribution < -0.4 is 4.57 Å². The van der Waals surface area contributed by atoms with Gasteiger partial charge in [0.05, 0.1) is 0 Å². The summed E-state index contributed by atoms with van der Waals surface area (Å²) in [5.74, 6) is 0. The summed E-state index contributed by atoms with van der Waals surface area (Å²) in [5.41, 5.74) is 4.01. The minimum Gasteiger partial charge on any atom is -0.335 e. The molecule has 2 nitrogen and oxygen atoms in total. The second-order valence-electron chi connectivity index (χ2n) is 5.81. The summed E-state index contributed by atoms with van der Waals surface area (Å²) in [4.78, 5) is 0. The average Bonchev–Trinajstić information content (AvgIpc) is 2.87. The maximum Gasteiger partial charge on any atom is 0.193 e. The quantitative estimate of drug-likeness (QED) is 0.506. The number of aromatic nitrogens is 2. The summed E-state index contributed by atoms with van der Waals surface area (Å²) in [7, 11) is 2.08. The fourth-order valence-electron chi connectivity index (χ4n) is 3.22. The standard InChI is InChI=1S/C20H19N2/c1-21-13-12-18-17-9-5-6-10-19(17)22(20(18)15-21)14-11-16-7-3-2-4-8-16/h2-10,12-13,15H,11,14H2,1H3/q+1. The highest BCUT2D eigenvalue weighted by Gasteiger charge is 2.12. The van der Waals surface area contributed by atoms with Crippen LogP contribution in [0.5, 0.6) is 0 Å². The fraction of sp³-hybridized carbons (Fsp3) is 0.150. The van der Waals surface area contributed by atoms with E-state index < -0.39 is 0 Å². The Morgan fingerprint density at radius 3 is 2.41 bits per heavy atom. The Morgan fingerprint density at radius 1 is 0.818 bits per heavy atom. The molecule has 0 aliphatic carbocycles. The van der Waals surface area contributed by atoms with E-state index in [1.807, 2.05) is 0 Å². The number of benzene rings is 2. The van der Waals surface area contributed by atoms with Crippen molar-refractivity contribution in [1.82, 2.24) is 4.57 Å². The van der Waals surface area contributed by atoms with Gasteiger partial charge >= 0.3 is 0 Å². The molecular weight excluding hydrogens is 268 g/mol. The molecule has 0 atom stereocenters. The second-order valence-corrected chi connectivity index (χ2v) is 5.81.